The van der Waals surface area contributed by atoms with Gasteiger partial charge in [-0.2, -0.15) is 0 Å². The van der Waals surface area contributed by atoms with Gasteiger partial charge in [-0.1, -0.05) is 17.2 Å². The molecule has 0 atom stereocenters. The first-order chi connectivity index (χ1) is 6.84. The van der Waals surface area contributed by atoms with Crippen molar-refractivity contribution in [1.82, 2.24) is 10.3 Å². The summed E-state index contributed by atoms with van der Waals surface area (Å²) in [6.45, 7) is 2.17. The molecular weight excluding hydrogens is 196 g/mol. The molecule has 14 heavy (non-hydrogen) atoms. The Labute approximate surface area is 89.0 Å². The molecule has 1 saturated heterocycles. The fourth-order valence-electron chi connectivity index (χ4n) is 1.57. The van der Waals surface area contributed by atoms with Crippen LogP contribution in [-0.4, -0.2) is 18.1 Å². The molecule has 0 spiro atoms. The van der Waals surface area contributed by atoms with Crippen LogP contribution in [0.3, 0.4) is 0 Å². The molecule has 1 aromatic rings. The zero-order valence-corrected chi connectivity index (χ0v) is 8.72. The van der Waals surface area contributed by atoms with Crippen molar-refractivity contribution in [3.63, 3.8) is 0 Å². The van der Waals surface area contributed by atoms with Gasteiger partial charge in [0.15, 0.2) is 0 Å². The lowest BCUT2D eigenvalue weighted by atomic mass is 10.0. The van der Waals surface area contributed by atoms with Crippen molar-refractivity contribution >= 4 is 17.7 Å². The quantitative estimate of drug-likeness (QED) is 0.767. The van der Waals surface area contributed by atoms with Gasteiger partial charge in [0.2, 0.25) is 0 Å². The van der Waals surface area contributed by atoms with Crippen LogP contribution in [0.15, 0.2) is 23.9 Å². The van der Waals surface area contributed by atoms with Crippen LogP contribution < -0.4 is 5.32 Å². The van der Waals surface area contributed by atoms with Gasteiger partial charge in [-0.05, 0) is 44.1 Å². The van der Waals surface area contributed by atoms with Crippen LogP contribution in [0, 0.1) is 0 Å². The highest BCUT2D eigenvalue weighted by atomic mass is 35.5. The van der Waals surface area contributed by atoms with Crippen LogP contribution in [0.25, 0.3) is 6.08 Å². The molecular formula is C11H13ClN2. The molecule has 0 saturated carbocycles. The second-order valence-corrected chi connectivity index (χ2v) is 3.89. The Kier molecular flexibility index (Phi) is 3.17. The third kappa shape index (κ3) is 2.56. The molecule has 1 N–H and O–H groups in total. The van der Waals surface area contributed by atoms with Gasteiger partial charge in [0.05, 0.1) is 10.7 Å². The minimum atomic E-state index is 0.692. The summed E-state index contributed by atoms with van der Waals surface area (Å²) >= 11 is 5.76. The van der Waals surface area contributed by atoms with Gasteiger partial charge in [-0.3, -0.25) is 4.98 Å². The van der Waals surface area contributed by atoms with E-state index in [0.717, 1.165) is 31.6 Å². The van der Waals surface area contributed by atoms with Crippen molar-refractivity contribution < 1.29 is 0 Å². The molecule has 0 amide bonds. The second kappa shape index (κ2) is 4.58. The molecule has 0 bridgehead atoms. The van der Waals surface area contributed by atoms with Crippen molar-refractivity contribution in [2.24, 2.45) is 0 Å². The maximum absolute atomic E-state index is 5.76. The van der Waals surface area contributed by atoms with Crippen LogP contribution >= 0.6 is 11.6 Å². The molecule has 1 fully saturated rings. The van der Waals surface area contributed by atoms with Gasteiger partial charge in [0, 0.05) is 6.20 Å². The van der Waals surface area contributed by atoms with Crippen molar-refractivity contribution in [3.8, 4) is 0 Å². The summed E-state index contributed by atoms with van der Waals surface area (Å²) in [6, 6.07) is 3.83. The summed E-state index contributed by atoms with van der Waals surface area (Å²) in [6.07, 6.45) is 6.11. The topological polar surface area (TPSA) is 24.9 Å². The van der Waals surface area contributed by atoms with Crippen LogP contribution in [-0.2, 0) is 0 Å². The van der Waals surface area contributed by atoms with E-state index in [-0.39, 0.29) is 0 Å². The largest absolute Gasteiger partial charge is 0.316 e. The Balaban J connectivity index is 2.11. The lowest BCUT2D eigenvalue weighted by Crippen LogP contribution is -2.22. The van der Waals surface area contributed by atoms with Gasteiger partial charge >= 0.3 is 0 Å². The zero-order chi connectivity index (χ0) is 9.80. The summed E-state index contributed by atoms with van der Waals surface area (Å²) in [5, 5.41) is 4.02. The Morgan fingerprint density at radius 3 is 2.71 bits per heavy atom. The smallest absolute Gasteiger partial charge is 0.0630 e. The van der Waals surface area contributed by atoms with E-state index in [2.05, 4.69) is 16.4 Å². The summed E-state index contributed by atoms with van der Waals surface area (Å²) in [4.78, 5) is 4.24. The van der Waals surface area contributed by atoms with Crippen molar-refractivity contribution in [2.75, 3.05) is 13.1 Å². The van der Waals surface area contributed by atoms with E-state index >= 15 is 0 Å². The molecule has 3 heteroatoms. The standard InChI is InChI=1S/C11H13ClN2/c12-10-1-2-11(14-8-10)7-9-3-5-13-6-4-9/h1-2,7-8,13H,3-6H2. The van der Waals surface area contributed by atoms with Gasteiger partial charge in [0.1, 0.15) is 0 Å². The van der Waals surface area contributed by atoms with E-state index in [0.29, 0.717) is 5.02 Å². The number of aromatic nitrogens is 1. The molecule has 1 aliphatic heterocycles. The maximum Gasteiger partial charge on any atom is 0.0630 e. The average molecular weight is 209 g/mol. The Morgan fingerprint density at radius 2 is 2.07 bits per heavy atom. The van der Waals surface area contributed by atoms with Gasteiger partial charge < -0.3 is 5.32 Å². The molecule has 0 radical (unpaired) electrons. The lowest BCUT2D eigenvalue weighted by Gasteiger charge is -2.14. The summed E-state index contributed by atoms with van der Waals surface area (Å²) in [5.74, 6) is 0. The van der Waals surface area contributed by atoms with Crippen molar-refractivity contribution in [3.05, 3.63) is 34.6 Å². The first-order valence-electron chi connectivity index (χ1n) is 4.86. The average Bonchev–Trinajstić information content (AvgIpc) is 2.23. The first-order valence-corrected chi connectivity index (χ1v) is 5.24. The minimum Gasteiger partial charge on any atom is -0.316 e. The van der Waals surface area contributed by atoms with E-state index in [9.17, 15) is 0 Å². The number of rotatable bonds is 1. The number of hydrogen-bond donors (Lipinski definition) is 1. The SMILES string of the molecule is Clc1ccc(C=C2CCNCC2)nc1. The summed E-state index contributed by atoms with van der Waals surface area (Å²) in [7, 11) is 0. The first kappa shape index (κ1) is 9.69. The molecule has 1 aromatic heterocycles. The molecule has 2 heterocycles. The van der Waals surface area contributed by atoms with Gasteiger partial charge in [-0.15, -0.1) is 0 Å². The number of piperidine rings is 1. The monoisotopic (exact) mass is 208 g/mol. The van der Waals surface area contributed by atoms with E-state index in [1.807, 2.05) is 12.1 Å². The van der Waals surface area contributed by atoms with Gasteiger partial charge in [0.25, 0.3) is 0 Å². The normalized spacial score (nSPS) is 16.8. The van der Waals surface area contributed by atoms with Crippen LogP contribution in [0.4, 0.5) is 0 Å². The Morgan fingerprint density at radius 1 is 1.29 bits per heavy atom. The van der Waals surface area contributed by atoms with Gasteiger partial charge in [-0.25, -0.2) is 0 Å². The third-order valence-corrected chi connectivity index (χ3v) is 2.57. The summed E-state index contributed by atoms with van der Waals surface area (Å²) in [5.41, 5.74) is 2.48. The number of nitrogens with zero attached hydrogens (tertiary/aromatic N) is 1. The second-order valence-electron chi connectivity index (χ2n) is 3.45. The molecule has 0 aliphatic carbocycles. The zero-order valence-electron chi connectivity index (χ0n) is 7.96. The van der Waals surface area contributed by atoms with Crippen LogP contribution in [0.1, 0.15) is 18.5 Å². The van der Waals surface area contributed by atoms with E-state index in [4.69, 9.17) is 11.6 Å². The molecule has 1 aliphatic rings. The predicted molar refractivity (Wildman–Crippen MR) is 59.3 cm³/mol. The Bertz CT molecular complexity index is 322. The highest BCUT2D eigenvalue weighted by Crippen LogP contribution is 2.15. The highest BCUT2D eigenvalue weighted by molar-refractivity contribution is 6.30. The fraction of sp³-hybridized carbons (Fsp3) is 0.364. The van der Waals surface area contributed by atoms with Crippen molar-refractivity contribution in [1.29, 1.82) is 0 Å². The predicted octanol–water partition coefficient (Wildman–Crippen LogP) is 2.50. The molecule has 0 aromatic carbocycles. The molecule has 74 valence electrons. The lowest BCUT2D eigenvalue weighted by molar-refractivity contribution is 0.613. The highest BCUT2D eigenvalue weighted by Gasteiger charge is 2.04. The third-order valence-electron chi connectivity index (χ3n) is 2.35. The number of pyridine rings is 1. The van der Waals surface area contributed by atoms with Crippen LogP contribution in [0.5, 0.6) is 0 Å². The van der Waals surface area contributed by atoms with Crippen molar-refractivity contribution in [2.45, 2.75) is 12.8 Å². The van der Waals surface area contributed by atoms with E-state index in [1.54, 1.807) is 6.20 Å². The number of nitrogens with one attached hydrogen (secondary N) is 1. The fourth-order valence-corrected chi connectivity index (χ4v) is 1.69. The number of halogens is 1. The Hall–Kier alpha value is -0.860. The molecule has 0 unspecified atom stereocenters. The summed E-state index contributed by atoms with van der Waals surface area (Å²) < 4.78 is 0. The number of hydrogen-bond acceptors (Lipinski definition) is 2. The molecule has 2 nitrogen and oxygen atoms in total. The van der Waals surface area contributed by atoms with Crippen LogP contribution in [0.2, 0.25) is 5.02 Å². The minimum absolute atomic E-state index is 0.692. The maximum atomic E-state index is 5.76. The van der Waals surface area contributed by atoms with E-state index in [1.165, 1.54) is 5.57 Å². The molecule has 2 rings (SSSR count). The van der Waals surface area contributed by atoms with E-state index < -0.39 is 0 Å².